The van der Waals surface area contributed by atoms with Gasteiger partial charge in [0.2, 0.25) is 5.91 Å². The van der Waals surface area contributed by atoms with Gasteiger partial charge in [0.1, 0.15) is 10.7 Å². The number of thiazole rings is 1. The Balaban J connectivity index is 2.44. The van der Waals surface area contributed by atoms with Gasteiger partial charge in [-0.25, -0.2) is 4.98 Å². The summed E-state index contributed by atoms with van der Waals surface area (Å²) in [7, 11) is 0. The molecule has 17 heavy (non-hydrogen) atoms. The van der Waals surface area contributed by atoms with Gasteiger partial charge in [-0.3, -0.25) is 4.79 Å². The van der Waals surface area contributed by atoms with E-state index in [-0.39, 0.29) is 5.91 Å². The Bertz CT molecular complexity index is 523. The average molecular weight is 264 g/mol. The molecular formula is C12H12N2OS2. The van der Waals surface area contributed by atoms with Crippen LogP contribution < -0.4 is 5.32 Å². The zero-order valence-electron chi connectivity index (χ0n) is 9.56. The van der Waals surface area contributed by atoms with E-state index in [2.05, 4.69) is 10.3 Å². The zero-order chi connectivity index (χ0) is 12.3. The standard InChI is InChI=1S/C12H12N2OS2/c1-8(15)13-11-10(14-12(16-2)17-11)9-6-4-3-5-7-9/h3-7H,1-2H3,(H,13,15). The molecule has 0 atom stereocenters. The highest BCUT2D eigenvalue weighted by atomic mass is 32.2. The lowest BCUT2D eigenvalue weighted by atomic mass is 10.2. The zero-order valence-corrected chi connectivity index (χ0v) is 11.2. The minimum Gasteiger partial charge on any atom is -0.316 e. The number of anilines is 1. The highest BCUT2D eigenvalue weighted by Crippen LogP contribution is 2.36. The average Bonchev–Trinajstić information content (AvgIpc) is 2.72. The third-order valence-electron chi connectivity index (χ3n) is 2.12. The predicted octanol–water partition coefficient (Wildman–Crippen LogP) is 3.49. The number of benzene rings is 1. The number of thioether (sulfide) groups is 1. The van der Waals surface area contributed by atoms with Crippen LogP contribution in [0.25, 0.3) is 11.3 Å². The molecule has 2 aromatic rings. The maximum absolute atomic E-state index is 11.2. The Morgan fingerprint density at radius 3 is 2.65 bits per heavy atom. The second-order valence-corrected chi connectivity index (χ2v) is 5.46. The van der Waals surface area contributed by atoms with Crippen LogP contribution in [0.3, 0.4) is 0 Å². The summed E-state index contributed by atoms with van der Waals surface area (Å²) in [6, 6.07) is 9.87. The fourth-order valence-corrected chi connectivity index (χ4v) is 2.96. The van der Waals surface area contributed by atoms with Crippen molar-refractivity contribution in [2.45, 2.75) is 11.3 Å². The number of carbonyl (C=O) groups is 1. The Morgan fingerprint density at radius 2 is 2.06 bits per heavy atom. The van der Waals surface area contributed by atoms with Crippen LogP contribution in [-0.4, -0.2) is 17.1 Å². The Kier molecular flexibility index (Phi) is 3.81. The number of hydrogen-bond acceptors (Lipinski definition) is 4. The van der Waals surface area contributed by atoms with Crippen molar-refractivity contribution in [3.8, 4) is 11.3 Å². The molecule has 0 aliphatic heterocycles. The van der Waals surface area contributed by atoms with Gasteiger partial charge in [0.25, 0.3) is 0 Å². The van der Waals surface area contributed by atoms with E-state index in [0.717, 1.165) is 20.6 Å². The number of carbonyl (C=O) groups excluding carboxylic acids is 1. The summed E-state index contributed by atoms with van der Waals surface area (Å²) in [4.78, 5) is 15.7. The van der Waals surface area contributed by atoms with Crippen molar-refractivity contribution in [2.24, 2.45) is 0 Å². The second kappa shape index (κ2) is 5.33. The van der Waals surface area contributed by atoms with Crippen LogP contribution in [0.4, 0.5) is 5.00 Å². The molecule has 0 fully saturated rings. The molecule has 0 aliphatic carbocycles. The summed E-state index contributed by atoms with van der Waals surface area (Å²) < 4.78 is 0.951. The molecule has 5 heteroatoms. The first kappa shape index (κ1) is 12.1. The monoisotopic (exact) mass is 264 g/mol. The molecule has 3 nitrogen and oxygen atoms in total. The first-order valence-corrected chi connectivity index (χ1v) is 7.12. The highest BCUT2D eigenvalue weighted by molar-refractivity contribution is 8.00. The molecule has 88 valence electrons. The van der Waals surface area contributed by atoms with Crippen LogP contribution in [0.2, 0.25) is 0 Å². The summed E-state index contributed by atoms with van der Waals surface area (Å²) >= 11 is 3.08. The first-order valence-electron chi connectivity index (χ1n) is 5.08. The largest absolute Gasteiger partial charge is 0.316 e. The number of aromatic nitrogens is 1. The minimum absolute atomic E-state index is 0.0708. The number of nitrogens with one attached hydrogen (secondary N) is 1. The number of amides is 1. The Hall–Kier alpha value is -1.33. The van der Waals surface area contributed by atoms with Crippen LogP contribution in [0, 0.1) is 0 Å². The molecule has 1 amide bonds. The SMILES string of the molecule is CSc1nc(-c2ccccc2)c(NC(C)=O)s1. The highest BCUT2D eigenvalue weighted by Gasteiger charge is 2.13. The molecule has 0 saturated heterocycles. The van der Waals surface area contributed by atoms with Crippen LogP contribution >= 0.6 is 23.1 Å². The van der Waals surface area contributed by atoms with E-state index in [0.29, 0.717) is 0 Å². The number of nitrogens with zero attached hydrogens (tertiary/aromatic N) is 1. The van der Waals surface area contributed by atoms with E-state index in [1.807, 2.05) is 36.6 Å². The molecule has 2 rings (SSSR count). The molecule has 0 radical (unpaired) electrons. The van der Waals surface area contributed by atoms with Crippen molar-refractivity contribution in [2.75, 3.05) is 11.6 Å². The fraction of sp³-hybridized carbons (Fsp3) is 0.167. The third-order valence-corrected chi connectivity index (χ3v) is 4.07. The summed E-state index contributed by atoms with van der Waals surface area (Å²) in [5, 5.41) is 3.64. The van der Waals surface area contributed by atoms with Gasteiger partial charge >= 0.3 is 0 Å². The number of rotatable bonds is 3. The summed E-state index contributed by atoms with van der Waals surface area (Å²) in [5.41, 5.74) is 1.86. The van der Waals surface area contributed by atoms with Crippen LogP contribution in [0.1, 0.15) is 6.92 Å². The molecule has 0 bridgehead atoms. The molecule has 0 aliphatic rings. The van der Waals surface area contributed by atoms with Gasteiger partial charge in [-0.05, 0) is 6.26 Å². The topological polar surface area (TPSA) is 42.0 Å². The van der Waals surface area contributed by atoms with E-state index >= 15 is 0 Å². The van der Waals surface area contributed by atoms with Gasteiger partial charge in [0, 0.05) is 12.5 Å². The molecule has 1 heterocycles. The second-order valence-electron chi connectivity index (χ2n) is 3.41. The smallest absolute Gasteiger partial charge is 0.221 e. The number of hydrogen-bond donors (Lipinski definition) is 1. The third kappa shape index (κ3) is 2.87. The first-order chi connectivity index (χ1) is 8.20. The van der Waals surface area contributed by atoms with Gasteiger partial charge in [-0.2, -0.15) is 0 Å². The van der Waals surface area contributed by atoms with E-state index in [1.54, 1.807) is 11.8 Å². The van der Waals surface area contributed by atoms with Crippen molar-refractivity contribution in [1.29, 1.82) is 0 Å². The Morgan fingerprint density at radius 1 is 1.35 bits per heavy atom. The summed E-state index contributed by atoms with van der Waals surface area (Å²) in [5.74, 6) is -0.0708. The normalized spacial score (nSPS) is 10.2. The molecular weight excluding hydrogens is 252 g/mol. The van der Waals surface area contributed by atoms with Gasteiger partial charge in [0.15, 0.2) is 4.34 Å². The maximum Gasteiger partial charge on any atom is 0.221 e. The van der Waals surface area contributed by atoms with Crippen molar-refractivity contribution < 1.29 is 4.79 Å². The lowest BCUT2D eigenvalue weighted by molar-refractivity contribution is -0.114. The molecule has 0 saturated carbocycles. The van der Waals surface area contributed by atoms with Crippen molar-refractivity contribution in [3.05, 3.63) is 30.3 Å². The molecule has 0 spiro atoms. The van der Waals surface area contributed by atoms with Crippen molar-refractivity contribution in [3.63, 3.8) is 0 Å². The fourth-order valence-electron chi connectivity index (χ4n) is 1.42. The van der Waals surface area contributed by atoms with E-state index in [4.69, 9.17) is 0 Å². The van der Waals surface area contributed by atoms with Crippen LogP contribution in [0.15, 0.2) is 34.7 Å². The summed E-state index contributed by atoms with van der Waals surface area (Å²) in [6.45, 7) is 1.51. The Labute approximate surface area is 108 Å². The van der Waals surface area contributed by atoms with Crippen molar-refractivity contribution in [1.82, 2.24) is 4.98 Å². The van der Waals surface area contributed by atoms with E-state index in [1.165, 1.54) is 18.3 Å². The molecule has 1 N–H and O–H groups in total. The van der Waals surface area contributed by atoms with Crippen LogP contribution in [0.5, 0.6) is 0 Å². The molecule has 0 unspecified atom stereocenters. The lowest BCUT2D eigenvalue weighted by Crippen LogP contribution is -2.05. The maximum atomic E-state index is 11.2. The van der Waals surface area contributed by atoms with Crippen molar-refractivity contribution >= 4 is 34.0 Å². The molecule has 1 aromatic heterocycles. The van der Waals surface area contributed by atoms with E-state index in [9.17, 15) is 4.79 Å². The van der Waals surface area contributed by atoms with Gasteiger partial charge in [0.05, 0.1) is 0 Å². The minimum atomic E-state index is -0.0708. The van der Waals surface area contributed by atoms with Gasteiger partial charge in [-0.15, -0.1) is 0 Å². The predicted molar refractivity (Wildman–Crippen MR) is 73.6 cm³/mol. The lowest BCUT2D eigenvalue weighted by Gasteiger charge is -2.01. The molecule has 1 aromatic carbocycles. The van der Waals surface area contributed by atoms with Gasteiger partial charge in [-0.1, -0.05) is 53.4 Å². The van der Waals surface area contributed by atoms with Crippen LogP contribution in [-0.2, 0) is 4.79 Å². The quantitative estimate of drug-likeness (QED) is 0.863. The summed E-state index contributed by atoms with van der Waals surface area (Å²) in [6.07, 6.45) is 1.98. The van der Waals surface area contributed by atoms with Gasteiger partial charge < -0.3 is 5.32 Å². The van der Waals surface area contributed by atoms with E-state index < -0.39 is 0 Å².